The summed E-state index contributed by atoms with van der Waals surface area (Å²) >= 11 is 0. The summed E-state index contributed by atoms with van der Waals surface area (Å²) in [4.78, 5) is 43.3. The Morgan fingerprint density at radius 3 is 2.39 bits per heavy atom. The molecule has 2 saturated heterocycles. The van der Waals surface area contributed by atoms with E-state index in [0.717, 1.165) is 69.2 Å². The number of carbonyl (C=O) groups is 3. The molecule has 4 rings (SSSR count). The molecule has 2 aliphatic heterocycles. The van der Waals surface area contributed by atoms with Crippen molar-refractivity contribution < 1.29 is 14.4 Å². The zero-order chi connectivity index (χ0) is 19.7. The highest BCUT2D eigenvalue weighted by Crippen LogP contribution is 2.44. The van der Waals surface area contributed by atoms with Crippen LogP contribution in [-0.2, 0) is 19.8 Å². The Bertz CT molecular complexity index is 778. The Morgan fingerprint density at radius 2 is 1.71 bits per heavy atom. The number of rotatable bonds is 4. The molecular formula is C23H30N2O3. The summed E-state index contributed by atoms with van der Waals surface area (Å²) in [5.74, 6) is -0.243. The fraction of sp³-hybridized carbons (Fsp3) is 0.609. The van der Waals surface area contributed by atoms with E-state index in [0.29, 0.717) is 0 Å². The fourth-order valence-corrected chi connectivity index (χ4v) is 5.36. The number of carbonyl (C=O) groups excluding carboxylic acids is 3. The minimum atomic E-state index is -1.04. The first-order valence-corrected chi connectivity index (χ1v) is 10.7. The lowest BCUT2D eigenvalue weighted by Gasteiger charge is -2.33. The first-order chi connectivity index (χ1) is 13.5. The fourth-order valence-electron chi connectivity index (χ4n) is 5.36. The molecule has 1 atom stereocenters. The molecule has 0 N–H and O–H groups in total. The highest BCUT2D eigenvalue weighted by molar-refractivity contribution is 6.11. The van der Waals surface area contributed by atoms with E-state index < -0.39 is 5.41 Å². The number of hydrogen-bond acceptors (Lipinski definition) is 3. The lowest BCUT2D eigenvalue weighted by atomic mass is 9.73. The SMILES string of the molecule is Cc1ccccc1C1(CC(=O)N2CCCCC2)CC(=O)N(C2CCCC2)C1=O. The molecule has 3 aliphatic rings. The summed E-state index contributed by atoms with van der Waals surface area (Å²) in [5.41, 5.74) is 0.780. The third kappa shape index (κ3) is 3.25. The highest BCUT2D eigenvalue weighted by atomic mass is 16.2. The van der Waals surface area contributed by atoms with Crippen molar-refractivity contribution in [3.63, 3.8) is 0 Å². The average molecular weight is 383 g/mol. The van der Waals surface area contributed by atoms with Crippen LogP contribution in [0.5, 0.6) is 0 Å². The number of nitrogens with zero attached hydrogens (tertiary/aromatic N) is 2. The number of piperidine rings is 1. The summed E-state index contributed by atoms with van der Waals surface area (Å²) in [6, 6.07) is 7.76. The van der Waals surface area contributed by atoms with Crippen molar-refractivity contribution >= 4 is 17.7 Å². The van der Waals surface area contributed by atoms with Crippen molar-refractivity contribution in [2.24, 2.45) is 0 Å². The van der Waals surface area contributed by atoms with Gasteiger partial charge in [-0.25, -0.2) is 0 Å². The van der Waals surface area contributed by atoms with Crippen LogP contribution in [0.15, 0.2) is 24.3 Å². The van der Waals surface area contributed by atoms with Crippen molar-refractivity contribution in [1.82, 2.24) is 9.80 Å². The van der Waals surface area contributed by atoms with Gasteiger partial charge in [-0.2, -0.15) is 0 Å². The maximum absolute atomic E-state index is 13.7. The molecule has 0 spiro atoms. The highest BCUT2D eigenvalue weighted by Gasteiger charge is 2.56. The molecule has 1 aromatic carbocycles. The van der Waals surface area contributed by atoms with Gasteiger partial charge in [-0.15, -0.1) is 0 Å². The number of hydrogen-bond donors (Lipinski definition) is 0. The summed E-state index contributed by atoms with van der Waals surface area (Å²) in [7, 11) is 0. The smallest absolute Gasteiger partial charge is 0.241 e. The molecule has 1 aliphatic carbocycles. The molecule has 150 valence electrons. The second-order valence-electron chi connectivity index (χ2n) is 8.70. The first kappa shape index (κ1) is 19.2. The lowest BCUT2D eigenvalue weighted by Crippen LogP contribution is -2.46. The zero-order valence-electron chi connectivity index (χ0n) is 16.8. The van der Waals surface area contributed by atoms with E-state index >= 15 is 0 Å². The molecule has 1 saturated carbocycles. The summed E-state index contributed by atoms with van der Waals surface area (Å²) in [5, 5.41) is 0. The van der Waals surface area contributed by atoms with Crippen molar-refractivity contribution in [2.75, 3.05) is 13.1 Å². The molecule has 0 aromatic heterocycles. The maximum Gasteiger partial charge on any atom is 0.241 e. The topological polar surface area (TPSA) is 57.7 Å². The molecule has 2 heterocycles. The van der Waals surface area contributed by atoms with Crippen LogP contribution in [0.4, 0.5) is 0 Å². The molecule has 3 amide bonds. The van der Waals surface area contributed by atoms with Gasteiger partial charge < -0.3 is 4.90 Å². The number of aryl methyl sites for hydroxylation is 1. The third-order valence-electron chi connectivity index (χ3n) is 6.86. The quantitative estimate of drug-likeness (QED) is 0.751. The molecular weight excluding hydrogens is 352 g/mol. The molecule has 0 bridgehead atoms. The van der Waals surface area contributed by atoms with Crippen LogP contribution in [0.25, 0.3) is 0 Å². The summed E-state index contributed by atoms with van der Waals surface area (Å²) in [6.07, 6.45) is 7.31. The predicted octanol–water partition coefficient (Wildman–Crippen LogP) is 3.34. The van der Waals surface area contributed by atoms with Gasteiger partial charge in [0.25, 0.3) is 0 Å². The maximum atomic E-state index is 13.7. The van der Waals surface area contributed by atoms with Gasteiger partial charge in [0, 0.05) is 32.0 Å². The van der Waals surface area contributed by atoms with Gasteiger partial charge in [0.2, 0.25) is 17.7 Å². The zero-order valence-corrected chi connectivity index (χ0v) is 16.8. The van der Waals surface area contributed by atoms with E-state index in [2.05, 4.69) is 0 Å². The minimum Gasteiger partial charge on any atom is -0.343 e. The second-order valence-corrected chi connectivity index (χ2v) is 8.70. The Kier molecular flexibility index (Phi) is 5.26. The van der Waals surface area contributed by atoms with E-state index in [1.54, 1.807) is 0 Å². The van der Waals surface area contributed by atoms with Crippen LogP contribution in [0.2, 0.25) is 0 Å². The van der Waals surface area contributed by atoms with Crippen LogP contribution in [0, 0.1) is 6.92 Å². The van der Waals surface area contributed by atoms with Crippen LogP contribution in [0.1, 0.15) is 68.9 Å². The van der Waals surface area contributed by atoms with Crippen molar-refractivity contribution in [3.8, 4) is 0 Å². The molecule has 5 heteroatoms. The van der Waals surface area contributed by atoms with E-state index in [4.69, 9.17) is 0 Å². The van der Waals surface area contributed by atoms with Crippen molar-refractivity contribution in [1.29, 1.82) is 0 Å². The Hall–Kier alpha value is -2.17. The van der Waals surface area contributed by atoms with E-state index in [1.165, 1.54) is 4.90 Å². The molecule has 1 aromatic rings. The van der Waals surface area contributed by atoms with E-state index in [-0.39, 0.29) is 36.6 Å². The molecule has 28 heavy (non-hydrogen) atoms. The Balaban J connectivity index is 1.70. The van der Waals surface area contributed by atoms with Crippen LogP contribution in [0.3, 0.4) is 0 Å². The van der Waals surface area contributed by atoms with Crippen LogP contribution in [-0.4, -0.2) is 46.7 Å². The number of imide groups is 1. The second kappa shape index (κ2) is 7.69. The standard InChI is InChI=1S/C23H30N2O3/c1-17-9-3-6-12-19(17)23(15-20(26)24-13-7-2-8-14-24)16-21(27)25(22(23)28)18-10-4-5-11-18/h3,6,9,12,18H,2,4-5,7-8,10-11,13-16H2,1H3. The summed E-state index contributed by atoms with van der Waals surface area (Å²) < 4.78 is 0. The lowest BCUT2D eigenvalue weighted by molar-refractivity contribution is -0.145. The monoisotopic (exact) mass is 382 g/mol. The summed E-state index contributed by atoms with van der Waals surface area (Å²) in [6.45, 7) is 3.49. The number of likely N-dealkylation sites (tertiary alicyclic amines) is 2. The average Bonchev–Trinajstić information content (AvgIpc) is 3.30. The van der Waals surface area contributed by atoms with Crippen molar-refractivity contribution in [3.05, 3.63) is 35.4 Å². The van der Waals surface area contributed by atoms with Gasteiger partial charge in [0.05, 0.1) is 5.41 Å². The van der Waals surface area contributed by atoms with E-state index in [9.17, 15) is 14.4 Å². The van der Waals surface area contributed by atoms with E-state index in [1.807, 2.05) is 36.1 Å². The minimum absolute atomic E-state index is 0.0102. The molecule has 3 fully saturated rings. The van der Waals surface area contributed by atoms with Gasteiger partial charge >= 0.3 is 0 Å². The third-order valence-corrected chi connectivity index (χ3v) is 6.86. The largest absolute Gasteiger partial charge is 0.343 e. The van der Waals surface area contributed by atoms with Gasteiger partial charge in [-0.1, -0.05) is 37.1 Å². The molecule has 1 unspecified atom stereocenters. The van der Waals surface area contributed by atoms with Crippen molar-refractivity contribution in [2.45, 2.75) is 76.2 Å². The first-order valence-electron chi connectivity index (χ1n) is 10.7. The van der Waals surface area contributed by atoms with Gasteiger partial charge in [0.15, 0.2) is 0 Å². The van der Waals surface area contributed by atoms with Crippen LogP contribution >= 0.6 is 0 Å². The molecule has 0 radical (unpaired) electrons. The number of amides is 3. The van der Waals surface area contributed by atoms with Gasteiger partial charge in [-0.3, -0.25) is 19.3 Å². The van der Waals surface area contributed by atoms with Gasteiger partial charge in [-0.05, 0) is 50.2 Å². The van der Waals surface area contributed by atoms with Gasteiger partial charge in [0.1, 0.15) is 0 Å². The van der Waals surface area contributed by atoms with Crippen LogP contribution < -0.4 is 0 Å². The normalized spacial score (nSPS) is 26.3. The predicted molar refractivity (Wildman–Crippen MR) is 107 cm³/mol. The Morgan fingerprint density at radius 1 is 1.04 bits per heavy atom. The molecule has 5 nitrogen and oxygen atoms in total. The number of benzene rings is 1. The Labute approximate surface area is 167 Å².